The van der Waals surface area contributed by atoms with Crippen molar-refractivity contribution >= 4 is 11.5 Å². The third kappa shape index (κ3) is 3.19. The summed E-state index contributed by atoms with van der Waals surface area (Å²) in [5, 5.41) is 8.98. The molecule has 1 aliphatic carbocycles. The fourth-order valence-corrected chi connectivity index (χ4v) is 2.63. The lowest BCUT2D eigenvalue weighted by atomic mass is 9.81. The first-order valence-electron chi connectivity index (χ1n) is 6.37. The van der Waals surface area contributed by atoms with Crippen molar-refractivity contribution in [1.29, 1.82) is 0 Å². The van der Waals surface area contributed by atoms with Gasteiger partial charge in [-0.25, -0.2) is 9.18 Å². The molecule has 96 valence electrons. The molecular weight excluding hydrogens is 231 g/mol. The van der Waals surface area contributed by atoms with Crippen LogP contribution in [0.1, 0.15) is 37.7 Å². The van der Waals surface area contributed by atoms with E-state index in [9.17, 15) is 9.18 Å². The van der Waals surface area contributed by atoms with Gasteiger partial charge in [0.1, 0.15) is 5.82 Å². The Morgan fingerprint density at radius 3 is 2.33 bits per heavy atom. The maximum absolute atomic E-state index is 12.9. The second-order valence-corrected chi connectivity index (χ2v) is 4.78. The van der Waals surface area contributed by atoms with Crippen molar-refractivity contribution in [3.63, 3.8) is 0 Å². The summed E-state index contributed by atoms with van der Waals surface area (Å²) >= 11 is 0. The maximum Gasteiger partial charge on any atom is 0.328 e. The van der Waals surface area contributed by atoms with E-state index in [0.29, 0.717) is 5.92 Å². The molecule has 0 unspecified atom stereocenters. The Hall–Kier alpha value is -1.64. The van der Waals surface area contributed by atoms with Gasteiger partial charge in [0.15, 0.2) is 0 Å². The predicted molar refractivity (Wildman–Crippen MR) is 68.6 cm³/mol. The zero-order valence-electron chi connectivity index (χ0n) is 10.2. The van der Waals surface area contributed by atoms with Gasteiger partial charge < -0.3 is 5.11 Å². The minimum absolute atomic E-state index is 0.292. The smallest absolute Gasteiger partial charge is 0.328 e. The van der Waals surface area contributed by atoms with E-state index >= 15 is 0 Å². The Morgan fingerprint density at radius 1 is 1.17 bits per heavy atom. The van der Waals surface area contributed by atoms with Crippen LogP contribution >= 0.6 is 0 Å². The van der Waals surface area contributed by atoms with E-state index in [1.807, 2.05) is 0 Å². The van der Waals surface area contributed by atoms with Gasteiger partial charge in [0.2, 0.25) is 0 Å². The number of aliphatic carboxylic acids is 1. The number of carboxylic acid groups (broad SMARTS) is 1. The van der Waals surface area contributed by atoms with Crippen molar-refractivity contribution in [2.75, 3.05) is 0 Å². The van der Waals surface area contributed by atoms with Gasteiger partial charge in [-0.2, -0.15) is 0 Å². The van der Waals surface area contributed by atoms with Gasteiger partial charge in [-0.3, -0.25) is 0 Å². The molecule has 2 rings (SSSR count). The molecular formula is C15H17FO2. The largest absolute Gasteiger partial charge is 0.478 e. The fourth-order valence-electron chi connectivity index (χ4n) is 2.63. The van der Waals surface area contributed by atoms with Crippen LogP contribution < -0.4 is 0 Å². The normalized spacial score (nSPS) is 17.7. The number of benzene rings is 1. The van der Waals surface area contributed by atoms with Crippen molar-refractivity contribution in [2.45, 2.75) is 32.1 Å². The van der Waals surface area contributed by atoms with Crippen LogP contribution in [0.15, 0.2) is 30.3 Å². The van der Waals surface area contributed by atoms with Crippen LogP contribution in [0.4, 0.5) is 4.39 Å². The Morgan fingerprint density at radius 2 is 1.78 bits per heavy atom. The molecule has 2 nitrogen and oxygen atoms in total. The molecule has 1 aromatic carbocycles. The van der Waals surface area contributed by atoms with Crippen LogP contribution in [0, 0.1) is 11.7 Å². The third-order valence-electron chi connectivity index (χ3n) is 3.50. The highest BCUT2D eigenvalue weighted by Gasteiger charge is 2.20. The van der Waals surface area contributed by atoms with Crippen LogP contribution in [-0.2, 0) is 4.79 Å². The molecule has 0 radical (unpaired) electrons. The first-order chi connectivity index (χ1) is 8.66. The first kappa shape index (κ1) is 12.8. The average Bonchev–Trinajstić information content (AvgIpc) is 2.38. The second kappa shape index (κ2) is 5.80. The van der Waals surface area contributed by atoms with Gasteiger partial charge >= 0.3 is 5.97 Å². The number of allylic oxidation sites excluding steroid dienone is 1. The van der Waals surface area contributed by atoms with E-state index < -0.39 is 5.97 Å². The van der Waals surface area contributed by atoms with Gasteiger partial charge in [-0.15, -0.1) is 0 Å². The molecule has 0 heterocycles. The lowest BCUT2D eigenvalue weighted by Gasteiger charge is -2.24. The summed E-state index contributed by atoms with van der Waals surface area (Å²) in [4.78, 5) is 10.9. The van der Waals surface area contributed by atoms with Crippen molar-refractivity contribution in [1.82, 2.24) is 0 Å². The van der Waals surface area contributed by atoms with Gasteiger partial charge in [0.25, 0.3) is 0 Å². The minimum atomic E-state index is -0.931. The molecule has 0 amide bonds. The molecule has 0 aliphatic heterocycles. The Balaban J connectivity index is 2.30. The highest BCUT2D eigenvalue weighted by Crippen LogP contribution is 2.35. The lowest BCUT2D eigenvalue weighted by molar-refractivity contribution is -0.131. The third-order valence-corrected chi connectivity index (χ3v) is 3.50. The van der Waals surface area contributed by atoms with Gasteiger partial charge in [0, 0.05) is 6.08 Å². The molecule has 1 aromatic rings. The molecule has 1 N–H and O–H groups in total. The molecule has 1 fully saturated rings. The van der Waals surface area contributed by atoms with Gasteiger partial charge in [0.05, 0.1) is 0 Å². The highest BCUT2D eigenvalue weighted by atomic mass is 19.1. The molecule has 18 heavy (non-hydrogen) atoms. The number of carboxylic acids is 1. The van der Waals surface area contributed by atoms with Crippen LogP contribution in [0.5, 0.6) is 0 Å². The van der Waals surface area contributed by atoms with E-state index in [2.05, 4.69) is 0 Å². The lowest BCUT2D eigenvalue weighted by Crippen LogP contribution is -2.10. The highest BCUT2D eigenvalue weighted by molar-refractivity contribution is 5.90. The molecule has 0 saturated heterocycles. The first-order valence-corrected chi connectivity index (χ1v) is 6.37. The summed E-state index contributed by atoms with van der Waals surface area (Å²) in [5.41, 5.74) is 1.66. The zero-order valence-corrected chi connectivity index (χ0v) is 10.2. The van der Waals surface area contributed by atoms with Gasteiger partial charge in [-0.1, -0.05) is 31.4 Å². The molecule has 0 aromatic heterocycles. The molecule has 1 aliphatic rings. The van der Waals surface area contributed by atoms with Crippen LogP contribution in [0.25, 0.3) is 5.57 Å². The summed E-state index contributed by atoms with van der Waals surface area (Å²) in [5.74, 6) is -0.933. The SMILES string of the molecule is O=C(O)/C=C(\c1ccc(F)cc1)C1CCCCC1. The standard InChI is InChI=1S/C15H17FO2/c16-13-8-6-12(7-9-13)14(10-15(17)18)11-4-2-1-3-5-11/h6-11H,1-5H2,(H,17,18)/b14-10-. The van der Waals surface area contributed by atoms with Crippen molar-refractivity contribution in [2.24, 2.45) is 5.92 Å². The minimum Gasteiger partial charge on any atom is -0.478 e. The summed E-state index contributed by atoms with van der Waals surface area (Å²) < 4.78 is 12.9. The monoisotopic (exact) mass is 248 g/mol. The second-order valence-electron chi connectivity index (χ2n) is 4.78. The van der Waals surface area contributed by atoms with Crippen LogP contribution in [0.3, 0.4) is 0 Å². The van der Waals surface area contributed by atoms with E-state index in [1.165, 1.54) is 24.6 Å². The molecule has 1 saturated carbocycles. The quantitative estimate of drug-likeness (QED) is 0.824. The van der Waals surface area contributed by atoms with Crippen molar-refractivity contribution in [3.05, 3.63) is 41.7 Å². The Bertz CT molecular complexity index is 442. The Kier molecular flexibility index (Phi) is 4.13. The van der Waals surface area contributed by atoms with Crippen molar-refractivity contribution in [3.8, 4) is 0 Å². The zero-order chi connectivity index (χ0) is 13.0. The Labute approximate surface area is 106 Å². The summed E-state index contributed by atoms with van der Waals surface area (Å²) in [7, 11) is 0. The number of carbonyl (C=O) groups is 1. The van der Waals surface area contributed by atoms with Crippen molar-refractivity contribution < 1.29 is 14.3 Å². The van der Waals surface area contributed by atoms with E-state index in [4.69, 9.17) is 5.11 Å². The van der Waals surface area contributed by atoms with E-state index in [1.54, 1.807) is 12.1 Å². The summed E-state index contributed by atoms with van der Waals surface area (Å²) in [6.45, 7) is 0. The van der Waals surface area contributed by atoms with E-state index in [-0.39, 0.29) is 5.82 Å². The van der Waals surface area contributed by atoms with Crippen LogP contribution in [-0.4, -0.2) is 11.1 Å². The fraction of sp³-hybridized carbons (Fsp3) is 0.400. The topological polar surface area (TPSA) is 37.3 Å². The maximum atomic E-state index is 12.9. The van der Waals surface area contributed by atoms with Crippen LogP contribution in [0.2, 0.25) is 0 Å². The van der Waals surface area contributed by atoms with E-state index in [0.717, 1.165) is 36.8 Å². The number of rotatable bonds is 3. The molecule has 0 bridgehead atoms. The molecule has 0 atom stereocenters. The number of hydrogen-bond acceptors (Lipinski definition) is 1. The molecule has 0 spiro atoms. The number of hydrogen-bond donors (Lipinski definition) is 1. The molecule has 3 heteroatoms. The summed E-state index contributed by atoms with van der Waals surface area (Å²) in [6, 6.07) is 6.10. The number of halogens is 1. The van der Waals surface area contributed by atoms with Gasteiger partial charge in [-0.05, 0) is 42.0 Å². The predicted octanol–water partition coefficient (Wildman–Crippen LogP) is 3.87. The summed E-state index contributed by atoms with van der Waals surface area (Å²) in [6.07, 6.45) is 6.84. The average molecular weight is 248 g/mol.